The number of benzene rings is 2. The molecule has 0 radical (unpaired) electrons. The smallest absolute Gasteiger partial charge is 0.227 e. The second-order valence-electron chi connectivity index (χ2n) is 7.09. The zero-order chi connectivity index (χ0) is 19.6. The molecule has 0 saturated carbocycles. The molecule has 1 fully saturated rings. The van der Waals surface area contributed by atoms with Gasteiger partial charge in [-0.1, -0.05) is 12.1 Å². The van der Waals surface area contributed by atoms with E-state index in [0.29, 0.717) is 5.95 Å². The van der Waals surface area contributed by atoms with Crippen molar-refractivity contribution in [1.29, 1.82) is 0 Å². The van der Waals surface area contributed by atoms with Crippen molar-refractivity contribution in [3.63, 3.8) is 0 Å². The van der Waals surface area contributed by atoms with Crippen LogP contribution < -0.4 is 20.1 Å². The number of H-pyrrole nitrogens is 1. The van der Waals surface area contributed by atoms with Gasteiger partial charge in [0, 0.05) is 23.3 Å². The SMILES string of the molecule is COc1cc(Nc2ncc3cccc(OC4CCNCC4)c3n2)cc2[nH]ncc12. The van der Waals surface area contributed by atoms with Gasteiger partial charge in [-0.2, -0.15) is 5.10 Å². The largest absolute Gasteiger partial charge is 0.496 e. The lowest BCUT2D eigenvalue weighted by molar-refractivity contribution is 0.164. The maximum absolute atomic E-state index is 6.27. The van der Waals surface area contributed by atoms with Crippen LogP contribution in [0.15, 0.2) is 42.7 Å². The fourth-order valence-electron chi connectivity index (χ4n) is 3.67. The number of methoxy groups -OCH3 is 1. The lowest BCUT2D eigenvalue weighted by Gasteiger charge is -2.24. The van der Waals surface area contributed by atoms with Gasteiger partial charge in [0.15, 0.2) is 0 Å². The molecule has 0 spiro atoms. The normalized spacial score (nSPS) is 14.9. The number of aromatic amines is 1. The molecule has 1 aliphatic rings. The number of nitrogens with zero attached hydrogens (tertiary/aromatic N) is 3. The van der Waals surface area contributed by atoms with E-state index in [4.69, 9.17) is 14.5 Å². The molecule has 4 aromatic rings. The molecule has 5 rings (SSSR count). The molecule has 0 amide bonds. The highest BCUT2D eigenvalue weighted by atomic mass is 16.5. The number of ether oxygens (including phenoxy) is 2. The van der Waals surface area contributed by atoms with E-state index in [1.54, 1.807) is 13.3 Å². The molecule has 0 bridgehead atoms. The van der Waals surface area contributed by atoms with Gasteiger partial charge in [-0.05, 0) is 38.1 Å². The molecule has 8 heteroatoms. The molecular formula is C21H22N6O2. The third-order valence-corrected chi connectivity index (χ3v) is 5.15. The molecule has 2 aromatic heterocycles. The van der Waals surface area contributed by atoms with Crippen LogP contribution in [0.3, 0.4) is 0 Å². The Labute approximate surface area is 167 Å². The predicted octanol–water partition coefficient (Wildman–Crippen LogP) is 3.39. The summed E-state index contributed by atoms with van der Waals surface area (Å²) in [5.74, 6) is 2.02. The maximum Gasteiger partial charge on any atom is 0.227 e. The minimum atomic E-state index is 0.209. The van der Waals surface area contributed by atoms with Gasteiger partial charge < -0.3 is 20.1 Å². The molecular weight excluding hydrogens is 368 g/mol. The standard InChI is InChI=1S/C21H22N6O2/c1-28-19-10-14(9-17-16(19)12-24-27-17)25-21-23-11-13-3-2-4-18(20(13)26-21)29-15-5-7-22-8-6-15/h2-4,9-12,15,22H,5-8H2,1H3,(H,24,27)(H,23,25,26). The number of rotatable bonds is 5. The van der Waals surface area contributed by atoms with E-state index in [9.17, 15) is 0 Å². The molecule has 0 atom stereocenters. The van der Waals surface area contributed by atoms with E-state index in [1.165, 1.54) is 0 Å². The topological polar surface area (TPSA) is 97.0 Å². The van der Waals surface area contributed by atoms with E-state index >= 15 is 0 Å². The minimum Gasteiger partial charge on any atom is -0.496 e. The zero-order valence-electron chi connectivity index (χ0n) is 16.1. The molecule has 0 aliphatic carbocycles. The van der Waals surface area contributed by atoms with Crippen molar-refractivity contribution in [3.8, 4) is 11.5 Å². The van der Waals surface area contributed by atoms with Crippen molar-refractivity contribution >= 4 is 33.4 Å². The maximum atomic E-state index is 6.27. The van der Waals surface area contributed by atoms with E-state index in [0.717, 1.165) is 64.9 Å². The number of aromatic nitrogens is 4. The zero-order valence-corrected chi connectivity index (χ0v) is 16.1. The first kappa shape index (κ1) is 17.7. The first-order valence-electron chi connectivity index (χ1n) is 9.71. The van der Waals surface area contributed by atoms with Crippen LogP contribution in [0.25, 0.3) is 21.8 Å². The number of hydrogen-bond donors (Lipinski definition) is 3. The van der Waals surface area contributed by atoms with Crippen LogP contribution in [0.2, 0.25) is 0 Å². The fourth-order valence-corrected chi connectivity index (χ4v) is 3.67. The summed E-state index contributed by atoms with van der Waals surface area (Å²) in [4.78, 5) is 9.19. The Hall–Kier alpha value is -3.39. The Balaban J connectivity index is 1.47. The average molecular weight is 390 g/mol. The summed E-state index contributed by atoms with van der Waals surface area (Å²) < 4.78 is 11.7. The van der Waals surface area contributed by atoms with E-state index in [2.05, 4.69) is 25.8 Å². The quantitative estimate of drug-likeness (QED) is 0.481. The van der Waals surface area contributed by atoms with Crippen LogP contribution in [0.5, 0.6) is 11.5 Å². The van der Waals surface area contributed by atoms with Crippen LogP contribution in [0, 0.1) is 0 Å². The lowest BCUT2D eigenvalue weighted by atomic mass is 10.1. The summed E-state index contributed by atoms with van der Waals surface area (Å²) in [6, 6.07) is 9.81. The summed E-state index contributed by atoms with van der Waals surface area (Å²) in [5.41, 5.74) is 2.50. The van der Waals surface area contributed by atoms with Crippen molar-refractivity contribution in [2.24, 2.45) is 0 Å². The summed E-state index contributed by atoms with van der Waals surface area (Å²) in [6.07, 6.45) is 5.76. The molecule has 1 saturated heterocycles. The van der Waals surface area contributed by atoms with E-state index < -0.39 is 0 Å². The van der Waals surface area contributed by atoms with Gasteiger partial charge in [0.2, 0.25) is 5.95 Å². The second kappa shape index (κ2) is 7.56. The number of hydrogen-bond acceptors (Lipinski definition) is 7. The highest BCUT2D eigenvalue weighted by Crippen LogP contribution is 2.31. The predicted molar refractivity (Wildman–Crippen MR) is 112 cm³/mol. The monoisotopic (exact) mass is 390 g/mol. The summed E-state index contributed by atoms with van der Waals surface area (Å²) >= 11 is 0. The Kier molecular flexibility index (Phi) is 4.61. The van der Waals surface area contributed by atoms with Crippen LogP contribution in [0.4, 0.5) is 11.6 Å². The second-order valence-corrected chi connectivity index (χ2v) is 7.09. The van der Waals surface area contributed by atoms with Crippen molar-refractivity contribution in [2.45, 2.75) is 18.9 Å². The first-order chi connectivity index (χ1) is 14.3. The minimum absolute atomic E-state index is 0.209. The summed E-state index contributed by atoms with van der Waals surface area (Å²) in [5, 5.41) is 15.6. The Morgan fingerprint density at radius 3 is 2.86 bits per heavy atom. The van der Waals surface area contributed by atoms with Crippen LogP contribution in [-0.2, 0) is 0 Å². The number of para-hydroxylation sites is 1. The van der Waals surface area contributed by atoms with Crippen molar-refractivity contribution in [1.82, 2.24) is 25.5 Å². The van der Waals surface area contributed by atoms with Crippen molar-refractivity contribution in [2.75, 3.05) is 25.5 Å². The average Bonchev–Trinajstić information content (AvgIpc) is 3.23. The van der Waals surface area contributed by atoms with Gasteiger partial charge in [-0.15, -0.1) is 0 Å². The van der Waals surface area contributed by atoms with Gasteiger partial charge in [0.05, 0.1) is 24.2 Å². The number of piperidine rings is 1. The molecule has 29 heavy (non-hydrogen) atoms. The highest BCUT2D eigenvalue weighted by molar-refractivity contribution is 5.89. The Morgan fingerprint density at radius 1 is 1.10 bits per heavy atom. The molecule has 3 heterocycles. The number of anilines is 2. The molecule has 2 aromatic carbocycles. The molecule has 8 nitrogen and oxygen atoms in total. The van der Waals surface area contributed by atoms with Gasteiger partial charge in [0.1, 0.15) is 23.1 Å². The van der Waals surface area contributed by atoms with Crippen molar-refractivity contribution < 1.29 is 9.47 Å². The highest BCUT2D eigenvalue weighted by Gasteiger charge is 2.16. The van der Waals surface area contributed by atoms with Gasteiger partial charge in [0.25, 0.3) is 0 Å². The number of nitrogens with one attached hydrogen (secondary N) is 3. The summed E-state index contributed by atoms with van der Waals surface area (Å²) in [7, 11) is 1.64. The molecule has 0 unspecified atom stereocenters. The molecule has 3 N–H and O–H groups in total. The fraction of sp³-hybridized carbons (Fsp3) is 0.286. The lowest BCUT2D eigenvalue weighted by Crippen LogP contribution is -2.34. The van der Waals surface area contributed by atoms with Gasteiger partial charge >= 0.3 is 0 Å². The first-order valence-corrected chi connectivity index (χ1v) is 9.71. The van der Waals surface area contributed by atoms with Crippen LogP contribution >= 0.6 is 0 Å². The van der Waals surface area contributed by atoms with Crippen LogP contribution in [-0.4, -0.2) is 46.5 Å². The third-order valence-electron chi connectivity index (χ3n) is 5.15. The van der Waals surface area contributed by atoms with E-state index in [-0.39, 0.29) is 6.10 Å². The molecule has 1 aliphatic heterocycles. The number of fused-ring (bicyclic) bond motifs is 2. The van der Waals surface area contributed by atoms with Crippen molar-refractivity contribution in [3.05, 3.63) is 42.7 Å². The van der Waals surface area contributed by atoms with E-state index in [1.807, 2.05) is 36.5 Å². The summed E-state index contributed by atoms with van der Waals surface area (Å²) in [6.45, 7) is 1.96. The Morgan fingerprint density at radius 2 is 2.00 bits per heavy atom. The Bertz CT molecular complexity index is 1150. The third kappa shape index (κ3) is 3.54. The van der Waals surface area contributed by atoms with Gasteiger partial charge in [-0.25, -0.2) is 9.97 Å². The molecule has 148 valence electrons. The van der Waals surface area contributed by atoms with Crippen LogP contribution in [0.1, 0.15) is 12.8 Å². The van der Waals surface area contributed by atoms with Gasteiger partial charge in [-0.3, -0.25) is 5.10 Å².